The van der Waals surface area contributed by atoms with Gasteiger partial charge in [-0.25, -0.2) is 0 Å². The minimum absolute atomic E-state index is 0.0757. The second-order valence-corrected chi connectivity index (χ2v) is 5.95. The number of methoxy groups -OCH3 is 1. The lowest BCUT2D eigenvalue weighted by Gasteiger charge is -2.23. The topological polar surface area (TPSA) is 58.6 Å². The van der Waals surface area contributed by atoms with E-state index in [1.54, 1.807) is 24.1 Å². The van der Waals surface area contributed by atoms with E-state index < -0.39 is 0 Å². The maximum atomic E-state index is 13.0. The third-order valence-electron chi connectivity index (χ3n) is 4.11. The van der Waals surface area contributed by atoms with Crippen LogP contribution in [0.4, 0.5) is 11.4 Å². The predicted octanol–water partition coefficient (Wildman–Crippen LogP) is 3.07. The van der Waals surface area contributed by atoms with E-state index in [-0.39, 0.29) is 17.7 Å². The molecule has 5 heteroatoms. The van der Waals surface area contributed by atoms with E-state index in [9.17, 15) is 9.59 Å². The smallest absolute Gasteiger partial charge is 0.258 e. The van der Waals surface area contributed by atoms with Crippen molar-refractivity contribution in [1.82, 2.24) is 0 Å². The highest BCUT2D eigenvalue weighted by molar-refractivity contribution is 6.10. The highest BCUT2D eigenvalue weighted by Crippen LogP contribution is 2.31. The lowest BCUT2D eigenvalue weighted by Crippen LogP contribution is -2.35. The molecule has 0 aromatic heterocycles. The molecule has 0 bridgehead atoms. The number of fused-ring (bicyclic) bond motifs is 1. The zero-order chi connectivity index (χ0) is 17.1. The number of amides is 2. The van der Waals surface area contributed by atoms with Gasteiger partial charge >= 0.3 is 0 Å². The molecular formula is C19H20N2O3. The molecule has 124 valence electrons. The summed E-state index contributed by atoms with van der Waals surface area (Å²) in [6.45, 7) is 2.68. The van der Waals surface area contributed by atoms with Gasteiger partial charge in [-0.15, -0.1) is 0 Å². The fourth-order valence-corrected chi connectivity index (χ4v) is 2.78. The van der Waals surface area contributed by atoms with Gasteiger partial charge in [0.05, 0.1) is 23.9 Å². The van der Waals surface area contributed by atoms with Gasteiger partial charge in [0.15, 0.2) is 0 Å². The van der Waals surface area contributed by atoms with Crippen molar-refractivity contribution in [3.8, 4) is 0 Å². The molecule has 1 aliphatic heterocycles. The lowest BCUT2D eigenvalue weighted by atomic mass is 10.1. The third-order valence-corrected chi connectivity index (χ3v) is 4.11. The molecule has 0 radical (unpaired) electrons. The van der Waals surface area contributed by atoms with Crippen molar-refractivity contribution in [2.45, 2.75) is 13.5 Å². The Morgan fingerprint density at radius 3 is 2.62 bits per heavy atom. The highest BCUT2D eigenvalue weighted by atomic mass is 16.5. The second kappa shape index (κ2) is 6.84. The summed E-state index contributed by atoms with van der Waals surface area (Å²) in [7, 11) is 1.64. The van der Waals surface area contributed by atoms with Crippen LogP contribution >= 0.6 is 0 Å². The molecule has 0 aliphatic carbocycles. The SMILES string of the molecule is COCc1ccc(C(=O)N2C[C@H](C)C(=O)Nc3ccccc32)cc1. The van der Waals surface area contributed by atoms with Crippen LogP contribution in [0.2, 0.25) is 0 Å². The maximum absolute atomic E-state index is 13.0. The largest absolute Gasteiger partial charge is 0.380 e. The first kappa shape index (κ1) is 16.2. The molecule has 0 saturated heterocycles. The number of ether oxygens (including phenoxy) is 1. The summed E-state index contributed by atoms with van der Waals surface area (Å²) in [5.74, 6) is -0.475. The molecule has 2 aromatic rings. The van der Waals surface area contributed by atoms with E-state index in [1.165, 1.54) is 0 Å². The Balaban J connectivity index is 1.94. The molecule has 0 fully saturated rings. The number of rotatable bonds is 3. The minimum atomic E-state index is -0.283. The standard InChI is InChI=1S/C19H20N2O3/c1-13-11-21(17-6-4-3-5-16(17)20-18(13)22)19(23)15-9-7-14(8-10-15)12-24-2/h3-10,13H,11-12H2,1-2H3,(H,20,22)/t13-/m0/s1. The molecule has 2 aromatic carbocycles. The van der Waals surface area contributed by atoms with Gasteiger partial charge in [-0.1, -0.05) is 31.2 Å². The molecular weight excluding hydrogens is 304 g/mol. The summed E-state index contributed by atoms with van der Waals surface area (Å²) in [6, 6.07) is 14.7. The van der Waals surface area contributed by atoms with E-state index in [0.29, 0.717) is 24.4 Å². The van der Waals surface area contributed by atoms with Crippen LogP contribution in [0.3, 0.4) is 0 Å². The molecule has 0 saturated carbocycles. The molecule has 1 atom stereocenters. The van der Waals surface area contributed by atoms with Crippen LogP contribution in [-0.2, 0) is 16.1 Å². The summed E-state index contributed by atoms with van der Waals surface area (Å²) in [4.78, 5) is 26.8. The highest BCUT2D eigenvalue weighted by Gasteiger charge is 2.29. The molecule has 5 nitrogen and oxygen atoms in total. The van der Waals surface area contributed by atoms with Gasteiger partial charge in [0.1, 0.15) is 0 Å². The molecule has 0 unspecified atom stereocenters. The summed E-state index contributed by atoms with van der Waals surface area (Å²) in [5, 5.41) is 2.88. The Morgan fingerprint density at radius 2 is 1.92 bits per heavy atom. The number of benzene rings is 2. The molecule has 3 rings (SSSR count). The van der Waals surface area contributed by atoms with E-state index in [1.807, 2.05) is 43.3 Å². The van der Waals surface area contributed by atoms with Gasteiger partial charge < -0.3 is 15.0 Å². The van der Waals surface area contributed by atoms with Crippen molar-refractivity contribution in [1.29, 1.82) is 0 Å². The predicted molar refractivity (Wildman–Crippen MR) is 93.1 cm³/mol. The Labute approximate surface area is 141 Å². The monoisotopic (exact) mass is 324 g/mol. The summed E-state index contributed by atoms with van der Waals surface area (Å²) in [5.41, 5.74) is 2.99. The van der Waals surface area contributed by atoms with Crippen molar-refractivity contribution >= 4 is 23.2 Å². The molecule has 1 N–H and O–H groups in total. The molecule has 24 heavy (non-hydrogen) atoms. The van der Waals surface area contributed by atoms with Crippen molar-refractivity contribution < 1.29 is 14.3 Å². The maximum Gasteiger partial charge on any atom is 0.258 e. The van der Waals surface area contributed by atoms with Crippen molar-refractivity contribution in [3.63, 3.8) is 0 Å². The van der Waals surface area contributed by atoms with Gasteiger partial charge in [0.25, 0.3) is 5.91 Å². The number of carbonyl (C=O) groups is 2. The van der Waals surface area contributed by atoms with Crippen molar-refractivity contribution in [2.24, 2.45) is 5.92 Å². The van der Waals surface area contributed by atoms with Gasteiger partial charge in [-0.05, 0) is 29.8 Å². The number of nitrogens with zero attached hydrogens (tertiary/aromatic N) is 1. The second-order valence-electron chi connectivity index (χ2n) is 5.95. The first-order valence-corrected chi connectivity index (χ1v) is 7.90. The number of nitrogens with one attached hydrogen (secondary N) is 1. The van der Waals surface area contributed by atoms with Gasteiger partial charge in [-0.2, -0.15) is 0 Å². The molecule has 1 aliphatic rings. The summed E-state index contributed by atoms with van der Waals surface area (Å²) in [6.07, 6.45) is 0. The fraction of sp³-hybridized carbons (Fsp3) is 0.263. The zero-order valence-electron chi connectivity index (χ0n) is 13.8. The number of para-hydroxylation sites is 2. The van der Waals surface area contributed by atoms with Crippen LogP contribution in [0.25, 0.3) is 0 Å². The molecule has 0 spiro atoms. The van der Waals surface area contributed by atoms with Crippen LogP contribution < -0.4 is 10.2 Å². The summed E-state index contributed by atoms with van der Waals surface area (Å²) >= 11 is 0. The first-order chi connectivity index (χ1) is 11.6. The molecule has 2 amide bonds. The van der Waals surface area contributed by atoms with E-state index in [0.717, 1.165) is 11.3 Å². The zero-order valence-corrected chi connectivity index (χ0v) is 13.8. The quantitative estimate of drug-likeness (QED) is 0.944. The van der Waals surface area contributed by atoms with Gasteiger partial charge in [0.2, 0.25) is 5.91 Å². The van der Waals surface area contributed by atoms with Crippen LogP contribution in [-0.4, -0.2) is 25.5 Å². The van der Waals surface area contributed by atoms with Crippen LogP contribution in [0.1, 0.15) is 22.8 Å². The van der Waals surface area contributed by atoms with Crippen LogP contribution in [0.15, 0.2) is 48.5 Å². The Hall–Kier alpha value is -2.66. The first-order valence-electron chi connectivity index (χ1n) is 7.90. The van der Waals surface area contributed by atoms with E-state index in [2.05, 4.69) is 5.32 Å². The Morgan fingerprint density at radius 1 is 1.21 bits per heavy atom. The molecule has 1 heterocycles. The number of anilines is 2. The van der Waals surface area contributed by atoms with Crippen molar-refractivity contribution in [2.75, 3.05) is 23.9 Å². The average molecular weight is 324 g/mol. The average Bonchev–Trinajstić information content (AvgIpc) is 2.72. The number of hydrogen-bond acceptors (Lipinski definition) is 3. The minimum Gasteiger partial charge on any atom is -0.380 e. The van der Waals surface area contributed by atoms with E-state index >= 15 is 0 Å². The number of hydrogen-bond donors (Lipinski definition) is 1. The van der Waals surface area contributed by atoms with Crippen LogP contribution in [0.5, 0.6) is 0 Å². The van der Waals surface area contributed by atoms with E-state index in [4.69, 9.17) is 4.74 Å². The normalized spacial score (nSPS) is 17.0. The van der Waals surface area contributed by atoms with Gasteiger partial charge in [0, 0.05) is 19.2 Å². The van der Waals surface area contributed by atoms with Crippen LogP contribution in [0, 0.1) is 5.92 Å². The Bertz CT molecular complexity index is 755. The third kappa shape index (κ3) is 3.16. The van der Waals surface area contributed by atoms with Crippen molar-refractivity contribution in [3.05, 3.63) is 59.7 Å². The lowest BCUT2D eigenvalue weighted by molar-refractivity contribution is -0.119. The van der Waals surface area contributed by atoms with Gasteiger partial charge in [-0.3, -0.25) is 9.59 Å². The number of carbonyl (C=O) groups excluding carboxylic acids is 2. The fourth-order valence-electron chi connectivity index (χ4n) is 2.78. The summed E-state index contributed by atoms with van der Waals surface area (Å²) < 4.78 is 5.09. The Kier molecular flexibility index (Phi) is 4.62.